The minimum absolute atomic E-state index is 0.650. The van der Waals surface area contributed by atoms with Crippen LogP contribution in [0.4, 0.5) is 0 Å². The van der Waals surface area contributed by atoms with Crippen LogP contribution in [0.5, 0.6) is 0 Å². The summed E-state index contributed by atoms with van der Waals surface area (Å²) in [6.07, 6.45) is 11.7. The first-order chi connectivity index (χ1) is 10.1. The monoisotopic (exact) mass is 282 g/mol. The minimum Gasteiger partial charge on any atom is -0.0591 e. The average molecular weight is 282 g/mol. The zero-order chi connectivity index (χ0) is 14.6. The van der Waals surface area contributed by atoms with Gasteiger partial charge in [-0.1, -0.05) is 31.9 Å². The highest BCUT2D eigenvalue weighted by Crippen LogP contribution is 2.60. The number of benzene rings is 1. The molecule has 0 aliphatic heterocycles. The van der Waals surface area contributed by atoms with Gasteiger partial charge in [-0.2, -0.15) is 0 Å². The van der Waals surface area contributed by atoms with Gasteiger partial charge < -0.3 is 0 Å². The van der Waals surface area contributed by atoms with E-state index >= 15 is 0 Å². The van der Waals surface area contributed by atoms with Crippen LogP contribution in [-0.2, 0) is 6.42 Å². The molecule has 21 heavy (non-hydrogen) atoms. The van der Waals surface area contributed by atoms with Crippen molar-refractivity contribution in [2.45, 2.75) is 78.1 Å². The molecule has 1 aromatic carbocycles. The van der Waals surface area contributed by atoms with Crippen LogP contribution in [0.1, 0.15) is 80.0 Å². The Morgan fingerprint density at radius 1 is 1.00 bits per heavy atom. The van der Waals surface area contributed by atoms with Crippen molar-refractivity contribution in [1.82, 2.24) is 0 Å². The summed E-state index contributed by atoms with van der Waals surface area (Å²) in [5.74, 6) is 2.86. The van der Waals surface area contributed by atoms with Crippen LogP contribution >= 0.6 is 0 Å². The molecular weight excluding hydrogens is 252 g/mol. The van der Waals surface area contributed by atoms with E-state index in [1.165, 1.54) is 56.9 Å². The SMILES string of the molecule is Cc1ccc2c(c1C)CC[C@@H]1[C@H]2CC[C@@H]2CCCC[C@@]21C. The topological polar surface area (TPSA) is 0 Å². The molecule has 2 saturated carbocycles. The maximum Gasteiger partial charge on any atom is -0.0125 e. The predicted molar refractivity (Wildman–Crippen MR) is 89.8 cm³/mol. The fraction of sp³-hybridized carbons (Fsp3) is 0.714. The molecule has 3 aliphatic rings. The molecule has 0 aromatic heterocycles. The summed E-state index contributed by atoms with van der Waals surface area (Å²) in [4.78, 5) is 0. The van der Waals surface area contributed by atoms with Crippen molar-refractivity contribution >= 4 is 0 Å². The van der Waals surface area contributed by atoms with Crippen molar-refractivity contribution < 1.29 is 0 Å². The van der Waals surface area contributed by atoms with Crippen molar-refractivity contribution in [2.24, 2.45) is 17.3 Å². The van der Waals surface area contributed by atoms with E-state index in [1.807, 2.05) is 0 Å². The molecular formula is C21H30. The first-order valence-corrected chi connectivity index (χ1v) is 9.20. The Morgan fingerprint density at radius 2 is 1.86 bits per heavy atom. The predicted octanol–water partition coefficient (Wildman–Crippen LogP) is 5.94. The van der Waals surface area contributed by atoms with Gasteiger partial charge in [0.15, 0.2) is 0 Å². The molecule has 4 rings (SSSR count). The second-order valence-electron chi connectivity index (χ2n) is 8.35. The molecule has 0 nitrogen and oxygen atoms in total. The van der Waals surface area contributed by atoms with Gasteiger partial charge in [-0.3, -0.25) is 0 Å². The lowest BCUT2D eigenvalue weighted by Gasteiger charge is -2.56. The molecule has 0 radical (unpaired) electrons. The third kappa shape index (κ3) is 1.94. The van der Waals surface area contributed by atoms with Crippen molar-refractivity contribution in [3.8, 4) is 0 Å². The maximum absolute atomic E-state index is 2.65. The van der Waals surface area contributed by atoms with E-state index in [4.69, 9.17) is 0 Å². The second kappa shape index (κ2) is 4.86. The highest BCUT2D eigenvalue weighted by molar-refractivity contribution is 5.44. The molecule has 0 bridgehead atoms. The number of aryl methyl sites for hydroxylation is 1. The van der Waals surface area contributed by atoms with Gasteiger partial charge >= 0.3 is 0 Å². The Bertz CT molecular complexity index is 555. The van der Waals surface area contributed by atoms with Crippen molar-refractivity contribution in [2.75, 3.05) is 0 Å². The number of fused-ring (bicyclic) bond motifs is 5. The standard InChI is InChI=1S/C21H30/c1-14-7-9-18-17(15(14)2)11-12-20-19(18)10-8-16-6-4-5-13-21(16,20)3/h7,9,16,19-20H,4-6,8,10-13H2,1-3H3/t16-,19-,20+,21-/m0/s1. The smallest absolute Gasteiger partial charge is 0.0125 e. The zero-order valence-corrected chi connectivity index (χ0v) is 14.0. The molecule has 0 saturated heterocycles. The molecule has 1 aromatic rings. The molecule has 0 spiro atoms. The maximum atomic E-state index is 2.65. The summed E-state index contributed by atoms with van der Waals surface area (Å²) >= 11 is 0. The van der Waals surface area contributed by atoms with Gasteiger partial charge in [-0.25, -0.2) is 0 Å². The van der Waals surface area contributed by atoms with E-state index in [9.17, 15) is 0 Å². The molecule has 3 aliphatic carbocycles. The summed E-state index contributed by atoms with van der Waals surface area (Å²) < 4.78 is 0. The first kappa shape index (κ1) is 13.9. The molecule has 0 heteroatoms. The molecule has 0 unspecified atom stereocenters. The summed E-state index contributed by atoms with van der Waals surface area (Å²) in [5.41, 5.74) is 7.18. The number of hydrogen-bond acceptors (Lipinski definition) is 0. The fourth-order valence-corrected chi connectivity index (χ4v) is 6.21. The van der Waals surface area contributed by atoms with Crippen molar-refractivity contribution in [1.29, 1.82) is 0 Å². The third-order valence-corrected chi connectivity index (χ3v) is 7.62. The van der Waals surface area contributed by atoms with E-state index in [0.717, 1.165) is 17.8 Å². The summed E-state index contributed by atoms with van der Waals surface area (Å²) in [7, 11) is 0. The largest absolute Gasteiger partial charge is 0.0591 e. The van der Waals surface area contributed by atoms with Crippen molar-refractivity contribution in [3.63, 3.8) is 0 Å². The van der Waals surface area contributed by atoms with Crippen LogP contribution in [0, 0.1) is 31.1 Å². The normalized spacial score (nSPS) is 38.3. The van der Waals surface area contributed by atoms with Crippen LogP contribution in [-0.4, -0.2) is 0 Å². The Hall–Kier alpha value is -0.780. The van der Waals surface area contributed by atoms with Gasteiger partial charge in [0, 0.05) is 0 Å². The zero-order valence-electron chi connectivity index (χ0n) is 14.0. The Labute approximate surface area is 130 Å². The number of rotatable bonds is 0. The highest BCUT2D eigenvalue weighted by atomic mass is 14.5. The van der Waals surface area contributed by atoms with E-state index < -0.39 is 0 Å². The second-order valence-corrected chi connectivity index (χ2v) is 8.35. The van der Waals surface area contributed by atoms with Crippen LogP contribution in [0.25, 0.3) is 0 Å². The quantitative estimate of drug-likeness (QED) is 0.552. The molecule has 0 heterocycles. The lowest BCUT2D eigenvalue weighted by atomic mass is 9.49. The number of hydrogen-bond donors (Lipinski definition) is 0. The summed E-state index contributed by atoms with van der Waals surface area (Å²) in [6.45, 7) is 7.28. The van der Waals surface area contributed by atoms with Gasteiger partial charge in [0.25, 0.3) is 0 Å². The highest BCUT2D eigenvalue weighted by Gasteiger charge is 2.50. The minimum atomic E-state index is 0.650. The Balaban J connectivity index is 1.75. The van der Waals surface area contributed by atoms with Crippen molar-refractivity contribution in [3.05, 3.63) is 34.4 Å². The van der Waals surface area contributed by atoms with Gasteiger partial charge in [0.2, 0.25) is 0 Å². The third-order valence-electron chi connectivity index (χ3n) is 7.62. The Morgan fingerprint density at radius 3 is 2.71 bits per heavy atom. The lowest BCUT2D eigenvalue weighted by Crippen LogP contribution is -2.46. The molecule has 4 atom stereocenters. The lowest BCUT2D eigenvalue weighted by molar-refractivity contribution is -0.0204. The van der Waals surface area contributed by atoms with Crippen LogP contribution in [0.3, 0.4) is 0 Å². The first-order valence-electron chi connectivity index (χ1n) is 9.20. The van der Waals surface area contributed by atoms with Crippen LogP contribution in [0.2, 0.25) is 0 Å². The molecule has 0 N–H and O–H groups in total. The summed E-state index contributed by atoms with van der Waals surface area (Å²) in [5, 5.41) is 0. The van der Waals surface area contributed by atoms with E-state index in [1.54, 1.807) is 16.7 Å². The van der Waals surface area contributed by atoms with Gasteiger partial charge in [0.1, 0.15) is 0 Å². The Kier molecular flexibility index (Phi) is 3.21. The molecule has 114 valence electrons. The summed E-state index contributed by atoms with van der Waals surface area (Å²) in [6, 6.07) is 4.87. The van der Waals surface area contributed by atoms with E-state index in [2.05, 4.69) is 32.9 Å². The fourth-order valence-electron chi connectivity index (χ4n) is 6.21. The van der Waals surface area contributed by atoms with E-state index in [0.29, 0.717) is 5.41 Å². The molecule has 0 amide bonds. The van der Waals surface area contributed by atoms with Gasteiger partial charge in [0.05, 0.1) is 0 Å². The average Bonchev–Trinajstić information content (AvgIpc) is 2.50. The van der Waals surface area contributed by atoms with Crippen LogP contribution < -0.4 is 0 Å². The molecule has 2 fully saturated rings. The van der Waals surface area contributed by atoms with Crippen LogP contribution in [0.15, 0.2) is 12.1 Å². The van der Waals surface area contributed by atoms with Gasteiger partial charge in [-0.05, 0) is 97.8 Å². The van der Waals surface area contributed by atoms with Gasteiger partial charge in [-0.15, -0.1) is 0 Å². The van der Waals surface area contributed by atoms with E-state index in [-0.39, 0.29) is 0 Å².